The quantitative estimate of drug-likeness (QED) is 0.0208. The fraction of sp³-hybridized carbons (Fsp3) is 1.00. The molecule has 0 saturated heterocycles. The first-order valence-electron chi connectivity index (χ1n) is 34.7. The van der Waals surface area contributed by atoms with E-state index in [1.807, 2.05) is 0 Å². The molecule has 0 aliphatic heterocycles. The SMILES string of the molecule is CC(C)CNCCCS(=O)(=O)O.CCCCCCCCCCCCCCCCCCNCCCS(=O)(=O)O.CCCCCCCCCCCCCCCCNCCCS(=O)(=O)O.CCCCCCCCCCCCCCNCCCS(=O)(=O)O. The summed E-state index contributed by atoms with van der Waals surface area (Å²) in [5, 5.41) is 12.8. The van der Waals surface area contributed by atoms with Gasteiger partial charge in [-0.3, -0.25) is 18.2 Å². The molecule has 16 nitrogen and oxygen atoms in total. The first kappa shape index (κ1) is 89.9. The number of unbranched alkanes of at least 4 members (excludes halogenated alkanes) is 39. The molecule has 20 heteroatoms. The van der Waals surface area contributed by atoms with Gasteiger partial charge in [-0.15, -0.1) is 0 Å². The highest BCUT2D eigenvalue weighted by molar-refractivity contribution is 7.86. The summed E-state index contributed by atoms with van der Waals surface area (Å²) in [7, 11) is -15.1. The van der Waals surface area contributed by atoms with Gasteiger partial charge in [-0.1, -0.05) is 285 Å². The second kappa shape index (κ2) is 69.9. The van der Waals surface area contributed by atoms with Crippen LogP contribution in [-0.2, 0) is 40.5 Å². The van der Waals surface area contributed by atoms with Crippen molar-refractivity contribution in [1.29, 1.82) is 0 Å². The minimum atomic E-state index is -3.79. The lowest BCUT2D eigenvalue weighted by molar-refractivity contribution is 0.476. The largest absolute Gasteiger partial charge is 0.317 e. The van der Waals surface area contributed by atoms with Crippen LogP contribution in [0.3, 0.4) is 0 Å². The molecule has 0 atom stereocenters. The molecule has 0 amide bonds. The molecule has 0 radical (unpaired) electrons. The first-order valence-corrected chi connectivity index (χ1v) is 41.2. The molecule has 0 saturated carbocycles. The van der Waals surface area contributed by atoms with E-state index in [0.717, 1.165) is 45.4 Å². The molecule has 0 fully saturated rings. The van der Waals surface area contributed by atoms with Crippen LogP contribution < -0.4 is 21.3 Å². The topological polar surface area (TPSA) is 266 Å². The summed E-state index contributed by atoms with van der Waals surface area (Å²) in [5.74, 6) is -0.00967. The van der Waals surface area contributed by atoms with Crippen molar-refractivity contribution in [2.75, 3.05) is 75.4 Å². The molecule has 0 rings (SSSR count). The minimum Gasteiger partial charge on any atom is -0.317 e. The van der Waals surface area contributed by atoms with Gasteiger partial charge in [0.25, 0.3) is 40.5 Å². The molecule has 0 aromatic rings. The van der Waals surface area contributed by atoms with Crippen molar-refractivity contribution in [3.63, 3.8) is 0 Å². The van der Waals surface area contributed by atoms with Gasteiger partial charge in [-0.25, -0.2) is 0 Å². The second-order valence-electron chi connectivity index (χ2n) is 24.2. The van der Waals surface area contributed by atoms with Gasteiger partial charge in [0.05, 0.1) is 23.0 Å². The third kappa shape index (κ3) is 103. The van der Waals surface area contributed by atoms with Crippen LogP contribution in [0.5, 0.6) is 0 Å². The zero-order valence-corrected chi connectivity index (χ0v) is 58.5. The van der Waals surface area contributed by atoms with E-state index in [4.69, 9.17) is 18.2 Å². The summed E-state index contributed by atoms with van der Waals surface area (Å²) in [4.78, 5) is 0. The van der Waals surface area contributed by atoms with Crippen LogP contribution in [0.15, 0.2) is 0 Å². The summed E-state index contributed by atoms with van der Waals surface area (Å²) in [6.45, 7) is 17.3. The highest BCUT2D eigenvalue weighted by atomic mass is 32.2. The third-order valence-corrected chi connectivity index (χ3v) is 17.9. The Balaban J connectivity index is -0.000000522. The van der Waals surface area contributed by atoms with E-state index in [9.17, 15) is 33.7 Å². The predicted octanol–water partition coefficient (Wildman–Crippen LogP) is 16.5. The van der Waals surface area contributed by atoms with Crippen LogP contribution in [0, 0.1) is 5.92 Å². The molecule has 0 spiro atoms. The highest BCUT2D eigenvalue weighted by Gasteiger charge is 2.06. The van der Waals surface area contributed by atoms with Crippen molar-refractivity contribution in [1.82, 2.24) is 21.3 Å². The molecule has 84 heavy (non-hydrogen) atoms. The Morgan fingerprint density at radius 3 is 0.524 bits per heavy atom. The van der Waals surface area contributed by atoms with Crippen molar-refractivity contribution in [3.8, 4) is 0 Å². The normalized spacial score (nSPS) is 12.0. The Morgan fingerprint density at radius 2 is 0.369 bits per heavy atom. The summed E-state index contributed by atoms with van der Waals surface area (Å²) in [6.07, 6.45) is 59.2. The number of hydrogen-bond donors (Lipinski definition) is 8. The monoisotopic (exact) mass is 1280 g/mol. The van der Waals surface area contributed by atoms with Crippen molar-refractivity contribution < 1.29 is 51.9 Å². The average molecular weight is 1290 g/mol. The minimum absolute atomic E-state index is 0.140. The molecule has 0 aromatic heterocycles. The van der Waals surface area contributed by atoms with E-state index < -0.39 is 40.5 Å². The van der Waals surface area contributed by atoms with Crippen molar-refractivity contribution in [2.24, 2.45) is 5.92 Å². The van der Waals surface area contributed by atoms with E-state index in [1.54, 1.807) is 0 Å². The predicted molar refractivity (Wildman–Crippen MR) is 361 cm³/mol. The van der Waals surface area contributed by atoms with E-state index >= 15 is 0 Å². The Bertz CT molecular complexity index is 1730. The van der Waals surface area contributed by atoms with Gasteiger partial charge in [0.1, 0.15) is 0 Å². The van der Waals surface area contributed by atoms with Crippen molar-refractivity contribution in [3.05, 3.63) is 0 Å². The molecular weight excluding hydrogens is 1140 g/mol. The molecule has 0 aromatic carbocycles. The Kier molecular flexibility index (Phi) is 74.9. The van der Waals surface area contributed by atoms with E-state index in [-0.39, 0.29) is 23.0 Å². The average Bonchev–Trinajstić information content (AvgIpc) is 3.41. The summed E-state index contributed by atoms with van der Waals surface area (Å²) >= 11 is 0. The lowest BCUT2D eigenvalue weighted by Gasteiger charge is -2.05. The molecule has 0 aliphatic rings. The van der Waals surface area contributed by atoms with Gasteiger partial charge < -0.3 is 21.3 Å². The summed E-state index contributed by atoms with van der Waals surface area (Å²) in [6, 6.07) is 0. The summed E-state index contributed by atoms with van der Waals surface area (Å²) in [5.41, 5.74) is 0. The molecule has 0 aliphatic carbocycles. The van der Waals surface area contributed by atoms with Gasteiger partial charge in [0.15, 0.2) is 0 Å². The maximum atomic E-state index is 10.6. The maximum Gasteiger partial charge on any atom is 0.264 e. The maximum absolute atomic E-state index is 10.6. The van der Waals surface area contributed by atoms with Crippen LogP contribution in [-0.4, -0.2) is 127 Å². The fourth-order valence-electron chi connectivity index (χ4n) is 9.62. The van der Waals surface area contributed by atoms with Crippen LogP contribution in [0.4, 0.5) is 0 Å². The van der Waals surface area contributed by atoms with Gasteiger partial charge in [0.2, 0.25) is 0 Å². The molecule has 512 valence electrons. The van der Waals surface area contributed by atoms with E-state index in [2.05, 4.69) is 55.9 Å². The Labute approximate surface area is 521 Å². The lowest BCUT2D eigenvalue weighted by atomic mass is 10.0. The van der Waals surface area contributed by atoms with Gasteiger partial charge >= 0.3 is 0 Å². The number of hydrogen-bond acceptors (Lipinski definition) is 12. The Morgan fingerprint density at radius 1 is 0.226 bits per heavy atom. The second-order valence-corrected chi connectivity index (χ2v) is 30.5. The summed E-state index contributed by atoms with van der Waals surface area (Å²) < 4.78 is 118. The zero-order chi connectivity index (χ0) is 63.4. The molecule has 0 bridgehead atoms. The van der Waals surface area contributed by atoms with Crippen LogP contribution >= 0.6 is 0 Å². The van der Waals surface area contributed by atoms with E-state index in [0.29, 0.717) is 57.8 Å². The standard InChI is InChI=1S/C21H45NO3S.C19H41NO3S.C17H37NO3S.C7H17NO3S/c1-2-3-4-5-6-7-8-9-10-11-12-13-14-15-16-17-19-22-20-18-21-26(23,24)25;1-2-3-4-5-6-7-8-9-10-11-12-13-14-15-17-20-18-16-19-24(21,22)23;1-2-3-4-5-6-7-8-9-10-11-12-13-15-18-16-14-17-22(19,20)21;1-7(2)6-8-4-3-5-12(9,10)11/h22H,2-21H2,1H3,(H,23,24,25);20H,2-19H2,1H3,(H,21,22,23);18H,2-17H2,1H3,(H,19,20,21);7-8H,3-6H2,1-2H3,(H,9,10,11). The fourth-order valence-corrected chi connectivity index (χ4v) is 11.7. The molecular formula is C64H140N4O12S4. The lowest BCUT2D eigenvalue weighted by Crippen LogP contribution is -2.22. The van der Waals surface area contributed by atoms with Gasteiger partial charge in [-0.2, -0.15) is 33.7 Å². The smallest absolute Gasteiger partial charge is 0.264 e. The zero-order valence-electron chi connectivity index (χ0n) is 55.3. The molecule has 0 unspecified atom stereocenters. The molecule has 8 N–H and O–H groups in total. The van der Waals surface area contributed by atoms with Gasteiger partial charge in [-0.05, 0) is 103 Å². The Hall–Kier alpha value is -0.520. The number of rotatable bonds is 63. The first-order chi connectivity index (χ1) is 40.1. The van der Waals surface area contributed by atoms with Crippen LogP contribution in [0.2, 0.25) is 0 Å². The van der Waals surface area contributed by atoms with Gasteiger partial charge in [0, 0.05) is 0 Å². The van der Waals surface area contributed by atoms with Crippen molar-refractivity contribution >= 4 is 40.5 Å². The van der Waals surface area contributed by atoms with Crippen LogP contribution in [0.25, 0.3) is 0 Å². The molecule has 0 heterocycles. The van der Waals surface area contributed by atoms with Crippen molar-refractivity contribution in [2.45, 2.75) is 330 Å². The van der Waals surface area contributed by atoms with E-state index in [1.165, 1.54) is 250 Å². The van der Waals surface area contributed by atoms with Crippen LogP contribution in [0.1, 0.15) is 330 Å². The third-order valence-electron chi connectivity index (χ3n) is 14.7. The highest BCUT2D eigenvalue weighted by Crippen LogP contribution is 2.16. The number of nitrogens with one attached hydrogen (secondary N) is 4.